The Kier molecular flexibility index (Phi) is 4.10. The Morgan fingerprint density at radius 2 is 2.04 bits per heavy atom. The summed E-state index contributed by atoms with van der Waals surface area (Å²) in [7, 11) is 0. The number of fused-ring (bicyclic) bond motifs is 5. The van der Waals surface area contributed by atoms with Crippen molar-refractivity contribution >= 4 is 28.6 Å². The Hall–Kier alpha value is -2.19. The van der Waals surface area contributed by atoms with E-state index < -0.39 is 18.2 Å². The Morgan fingerprint density at radius 3 is 2.79 bits per heavy atom. The van der Waals surface area contributed by atoms with E-state index >= 15 is 0 Å². The van der Waals surface area contributed by atoms with Gasteiger partial charge in [-0.3, -0.25) is 9.56 Å². The number of nitrogens with zero attached hydrogens (tertiary/aromatic N) is 4. The molecule has 0 saturated heterocycles. The zero-order valence-electron chi connectivity index (χ0n) is 14.7. The molecule has 2 aromatic heterocycles. The minimum absolute atomic E-state index is 0.197. The summed E-state index contributed by atoms with van der Waals surface area (Å²) >= 11 is 7.76. The standard InChI is InChI=1S/C19H14ClF3N4S/c1-8-25-26-14-7-24-17(16-11(20)3-2-4-12(16)21)15-10-5-9(18(22)23)6-13(10)28-19(15)27(8)14/h2-4,9,18H,5-7H2,1H3. The molecule has 2 aliphatic rings. The average Bonchev–Trinajstić information content (AvgIpc) is 3.27. The minimum atomic E-state index is -2.40. The summed E-state index contributed by atoms with van der Waals surface area (Å²) in [6.45, 7) is 2.03. The van der Waals surface area contributed by atoms with Gasteiger partial charge in [0, 0.05) is 16.4 Å². The first-order chi connectivity index (χ1) is 13.5. The van der Waals surface area contributed by atoms with Crippen molar-refractivity contribution in [2.45, 2.75) is 32.7 Å². The van der Waals surface area contributed by atoms with E-state index in [-0.39, 0.29) is 23.6 Å². The highest BCUT2D eigenvalue weighted by molar-refractivity contribution is 7.15. The monoisotopic (exact) mass is 422 g/mol. The highest BCUT2D eigenvalue weighted by Crippen LogP contribution is 2.44. The van der Waals surface area contributed by atoms with E-state index in [0.717, 1.165) is 15.4 Å². The molecule has 0 saturated carbocycles. The molecule has 1 aliphatic heterocycles. The van der Waals surface area contributed by atoms with Crippen molar-refractivity contribution in [1.29, 1.82) is 0 Å². The van der Waals surface area contributed by atoms with Gasteiger partial charge in [0.05, 0.1) is 16.3 Å². The fourth-order valence-corrected chi connectivity index (χ4v) is 5.70. The lowest BCUT2D eigenvalue weighted by Gasteiger charge is -2.13. The van der Waals surface area contributed by atoms with Crippen LogP contribution in [0.1, 0.15) is 33.2 Å². The molecule has 1 atom stereocenters. The molecule has 0 N–H and O–H groups in total. The predicted octanol–water partition coefficient (Wildman–Crippen LogP) is 4.76. The van der Waals surface area contributed by atoms with Crippen LogP contribution in [0.4, 0.5) is 13.2 Å². The number of rotatable bonds is 2. The van der Waals surface area contributed by atoms with Crippen LogP contribution in [0.3, 0.4) is 0 Å². The van der Waals surface area contributed by atoms with Crippen molar-refractivity contribution in [3.63, 3.8) is 0 Å². The molecule has 3 aromatic rings. The topological polar surface area (TPSA) is 43.1 Å². The maximum Gasteiger partial charge on any atom is 0.242 e. The molecule has 9 heteroatoms. The molecule has 0 radical (unpaired) electrons. The van der Waals surface area contributed by atoms with Crippen LogP contribution in [0.15, 0.2) is 23.2 Å². The van der Waals surface area contributed by atoms with Crippen LogP contribution in [0.25, 0.3) is 5.00 Å². The van der Waals surface area contributed by atoms with Crippen molar-refractivity contribution in [1.82, 2.24) is 14.8 Å². The lowest BCUT2D eigenvalue weighted by molar-refractivity contribution is 0.0826. The summed E-state index contributed by atoms with van der Waals surface area (Å²) < 4.78 is 43.4. The molecular weight excluding hydrogens is 409 g/mol. The number of aryl methyl sites for hydroxylation is 1. The quantitative estimate of drug-likeness (QED) is 0.597. The fourth-order valence-electron chi connectivity index (χ4n) is 3.96. The Morgan fingerprint density at radius 1 is 1.21 bits per heavy atom. The van der Waals surface area contributed by atoms with Crippen LogP contribution < -0.4 is 0 Å². The van der Waals surface area contributed by atoms with Crippen molar-refractivity contribution < 1.29 is 13.2 Å². The summed E-state index contributed by atoms with van der Waals surface area (Å²) in [6.07, 6.45) is -1.86. The molecule has 0 amide bonds. The van der Waals surface area contributed by atoms with Crippen LogP contribution in [0.5, 0.6) is 0 Å². The van der Waals surface area contributed by atoms with Gasteiger partial charge < -0.3 is 0 Å². The summed E-state index contributed by atoms with van der Waals surface area (Å²) in [5.41, 5.74) is 2.08. The van der Waals surface area contributed by atoms with E-state index in [1.807, 2.05) is 11.5 Å². The summed E-state index contributed by atoms with van der Waals surface area (Å²) in [4.78, 5) is 5.50. The van der Waals surface area contributed by atoms with Crippen molar-refractivity contribution in [2.75, 3.05) is 0 Å². The van der Waals surface area contributed by atoms with Gasteiger partial charge in [-0.05, 0) is 37.5 Å². The smallest absolute Gasteiger partial charge is 0.242 e. The first-order valence-electron chi connectivity index (χ1n) is 8.79. The summed E-state index contributed by atoms with van der Waals surface area (Å²) in [6, 6.07) is 4.46. The Bertz CT molecular complexity index is 1110. The molecule has 4 nitrogen and oxygen atoms in total. The second kappa shape index (κ2) is 6.42. The first-order valence-corrected chi connectivity index (χ1v) is 9.98. The Labute approximate surface area is 167 Å². The SMILES string of the molecule is Cc1nnc2n1-c1sc3c(c1C(c1c(F)cccc1Cl)=NC2)CC(C(F)F)C3. The number of hydrogen-bond donors (Lipinski definition) is 0. The molecule has 1 aliphatic carbocycles. The third kappa shape index (κ3) is 2.54. The van der Waals surface area contributed by atoms with Gasteiger partial charge >= 0.3 is 0 Å². The second-order valence-electron chi connectivity index (χ2n) is 6.95. The molecule has 0 bridgehead atoms. The third-order valence-electron chi connectivity index (χ3n) is 5.25. The van der Waals surface area contributed by atoms with Gasteiger partial charge in [-0.1, -0.05) is 17.7 Å². The van der Waals surface area contributed by atoms with Crippen LogP contribution >= 0.6 is 22.9 Å². The molecule has 5 rings (SSSR count). The largest absolute Gasteiger partial charge is 0.276 e. The number of benzene rings is 1. The maximum absolute atomic E-state index is 14.7. The number of thiophene rings is 1. The minimum Gasteiger partial charge on any atom is -0.276 e. The van der Waals surface area contributed by atoms with E-state index in [4.69, 9.17) is 11.6 Å². The fraction of sp³-hybridized carbons (Fsp3) is 0.316. The van der Waals surface area contributed by atoms with Gasteiger partial charge in [-0.15, -0.1) is 21.5 Å². The Balaban J connectivity index is 1.78. The summed E-state index contributed by atoms with van der Waals surface area (Å²) in [5, 5.41) is 9.34. The number of halogens is 4. The zero-order chi connectivity index (χ0) is 19.6. The van der Waals surface area contributed by atoms with Crippen LogP contribution in [-0.2, 0) is 19.4 Å². The van der Waals surface area contributed by atoms with Gasteiger partial charge in [-0.25, -0.2) is 13.2 Å². The second-order valence-corrected chi connectivity index (χ2v) is 8.44. The van der Waals surface area contributed by atoms with E-state index in [9.17, 15) is 13.2 Å². The van der Waals surface area contributed by atoms with Gasteiger partial charge in [0.2, 0.25) is 6.43 Å². The van der Waals surface area contributed by atoms with E-state index in [1.54, 1.807) is 6.07 Å². The van der Waals surface area contributed by atoms with Crippen LogP contribution in [0, 0.1) is 18.7 Å². The van der Waals surface area contributed by atoms with Crippen molar-refractivity contribution in [2.24, 2.45) is 10.9 Å². The van der Waals surface area contributed by atoms with Crippen molar-refractivity contribution in [3.05, 3.63) is 62.3 Å². The molecule has 144 valence electrons. The zero-order valence-corrected chi connectivity index (χ0v) is 16.3. The van der Waals surface area contributed by atoms with Gasteiger partial charge in [0.25, 0.3) is 0 Å². The molecule has 0 fully saturated rings. The normalized spacial score (nSPS) is 17.9. The lowest BCUT2D eigenvalue weighted by atomic mass is 9.97. The molecular formula is C19H14ClF3N4S. The number of alkyl halides is 2. The summed E-state index contributed by atoms with van der Waals surface area (Å²) in [5.74, 6) is 0.0905. The number of aliphatic imine (C=N–C) groups is 1. The lowest BCUT2D eigenvalue weighted by Crippen LogP contribution is -2.14. The highest BCUT2D eigenvalue weighted by Gasteiger charge is 2.37. The van der Waals surface area contributed by atoms with Crippen molar-refractivity contribution in [3.8, 4) is 5.00 Å². The number of aromatic nitrogens is 3. The molecule has 28 heavy (non-hydrogen) atoms. The maximum atomic E-state index is 14.7. The molecule has 0 spiro atoms. The van der Waals surface area contributed by atoms with Gasteiger partial charge in [0.15, 0.2) is 5.82 Å². The van der Waals surface area contributed by atoms with Crippen LogP contribution in [0.2, 0.25) is 5.02 Å². The molecule has 3 heterocycles. The third-order valence-corrected chi connectivity index (χ3v) is 6.81. The molecule has 1 aromatic carbocycles. The molecule has 1 unspecified atom stereocenters. The average molecular weight is 423 g/mol. The highest BCUT2D eigenvalue weighted by atomic mass is 35.5. The van der Waals surface area contributed by atoms with E-state index in [0.29, 0.717) is 29.3 Å². The number of hydrogen-bond acceptors (Lipinski definition) is 4. The van der Waals surface area contributed by atoms with E-state index in [1.165, 1.54) is 23.5 Å². The van der Waals surface area contributed by atoms with Gasteiger partial charge in [0.1, 0.15) is 23.2 Å². The van der Waals surface area contributed by atoms with Gasteiger partial charge in [-0.2, -0.15) is 0 Å². The van der Waals surface area contributed by atoms with Crippen LogP contribution in [-0.4, -0.2) is 26.9 Å². The first kappa shape index (κ1) is 17.9. The van der Waals surface area contributed by atoms with E-state index in [2.05, 4.69) is 15.2 Å². The predicted molar refractivity (Wildman–Crippen MR) is 102 cm³/mol.